The molecule has 2 unspecified atom stereocenters. The number of nitrogens with two attached hydrogens (primary N) is 1. The first-order chi connectivity index (χ1) is 8.60. The van der Waals surface area contributed by atoms with Crippen LogP contribution >= 0.6 is 0 Å². The number of ether oxygens (including phenoxy) is 1. The Bertz CT molecular complexity index is 411. The number of nitrogens with zero attached hydrogens (tertiary/aromatic N) is 1. The highest BCUT2D eigenvalue weighted by Gasteiger charge is 2.26. The minimum Gasteiger partial charge on any atom is -0.399 e. The molecule has 2 atom stereocenters. The molecule has 0 saturated carbocycles. The quantitative estimate of drug-likeness (QED) is 0.840. The predicted octanol–water partition coefficient (Wildman–Crippen LogP) is 2.41. The molecular formula is C14H21FN2O. The van der Waals surface area contributed by atoms with E-state index in [-0.39, 0.29) is 11.9 Å². The van der Waals surface area contributed by atoms with Gasteiger partial charge in [0, 0.05) is 30.4 Å². The average Bonchev–Trinajstić information content (AvgIpc) is 2.33. The van der Waals surface area contributed by atoms with E-state index in [1.165, 1.54) is 6.07 Å². The Morgan fingerprint density at radius 3 is 2.94 bits per heavy atom. The monoisotopic (exact) mass is 252 g/mol. The summed E-state index contributed by atoms with van der Waals surface area (Å²) < 4.78 is 19.4. The first-order valence-electron chi connectivity index (χ1n) is 6.49. The molecule has 100 valence electrons. The first-order valence-corrected chi connectivity index (χ1v) is 6.49. The second kappa shape index (κ2) is 5.67. The zero-order valence-electron chi connectivity index (χ0n) is 11.0. The van der Waals surface area contributed by atoms with Crippen molar-refractivity contribution in [1.29, 1.82) is 0 Å². The summed E-state index contributed by atoms with van der Waals surface area (Å²) in [4.78, 5) is 2.29. The van der Waals surface area contributed by atoms with Crippen LogP contribution in [0.4, 0.5) is 10.1 Å². The number of hydrogen-bond acceptors (Lipinski definition) is 3. The number of nitrogen functional groups attached to an aromatic ring is 1. The summed E-state index contributed by atoms with van der Waals surface area (Å²) in [7, 11) is 0. The van der Waals surface area contributed by atoms with E-state index in [1.54, 1.807) is 12.1 Å². The summed E-state index contributed by atoms with van der Waals surface area (Å²) in [5, 5.41) is 0. The molecule has 18 heavy (non-hydrogen) atoms. The third-order valence-corrected chi connectivity index (χ3v) is 3.50. The molecule has 1 aromatic carbocycles. The van der Waals surface area contributed by atoms with Crippen LogP contribution < -0.4 is 5.73 Å². The molecule has 0 spiro atoms. The lowest BCUT2D eigenvalue weighted by Gasteiger charge is -2.38. The lowest BCUT2D eigenvalue weighted by atomic mass is 10.1. The van der Waals surface area contributed by atoms with Gasteiger partial charge in [-0.15, -0.1) is 0 Å². The smallest absolute Gasteiger partial charge is 0.129 e. The van der Waals surface area contributed by atoms with Crippen molar-refractivity contribution < 1.29 is 9.13 Å². The van der Waals surface area contributed by atoms with Crippen LogP contribution in [0.15, 0.2) is 18.2 Å². The molecule has 1 fully saturated rings. The largest absolute Gasteiger partial charge is 0.399 e. The summed E-state index contributed by atoms with van der Waals surface area (Å²) in [5.41, 5.74) is 6.74. The van der Waals surface area contributed by atoms with Crippen molar-refractivity contribution >= 4 is 5.69 Å². The van der Waals surface area contributed by atoms with Gasteiger partial charge in [0.05, 0.1) is 12.7 Å². The predicted molar refractivity (Wildman–Crippen MR) is 70.7 cm³/mol. The first kappa shape index (κ1) is 13.3. The van der Waals surface area contributed by atoms with Crippen molar-refractivity contribution in [3.8, 4) is 0 Å². The highest BCUT2D eigenvalue weighted by Crippen LogP contribution is 2.20. The lowest BCUT2D eigenvalue weighted by molar-refractivity contribution is -0.0595. The summed E-state index contributed by atoms with van der Waals surface area (Å²) in [6.07, 6.45) is 1.23. The van der Waals surface area contributed by atoms with Gasteiger partial charge in [-0.3, -0.25) is 4.90 Å². The van der Waals surface area contributed by atoms with Gasteiger partial charge in [-0.1, -0.05) is 13.0 Å². The summed E-state index contributed by atoms with van der Waals surface area (Å²) in [5.74, 6) is -0.219. The van der Waals surface area contributed by atoms with Gasteiger partial charge in [-0.2, -0.15) is 0 Å². The molecule has 3 nitrogen and oxygen atoms in total. The lowest BCUT2D eigenvalue weighted by Crippen LogP contribution is -2.48. The van der Waals surface area contributed by atoms with Gasteiger partial charge < -0.3 is 10.5 Å². The fraction of sp³-hybridized carbons (Fsp3) is 0.571. The van der Waals surface area contributed by atoms with Gasteiger partial charge in [0.25, 0.3) is 0 Å². The molecule has 2 rings (SSSR count). The Hall–Kier alpha value is -1.13. The highest BCUT2D eigenvalue weighted by molar-refractivity contribution is 5.40. The molecule has 0 bridgehead atoms. The van der Waals surface area contributed by atoms with E-state index in [9.17, 15) is 4.39 Å². The van der Waals surface area contributed by atoms with Crippen molar-refractivity contribution in [3.63, 3.8) is 0 Å². The van der Waals surface area contributed by atoms with E-state index < -0.39 is 0 Å². The van der Waals surface area contributed by atoms with Crippen LogP contribution in [0.2, 0.25) is 0 Å². The summed E-state index contributed by atoms with van der Waals surface area (Å²) in [6, 6.07) is 5.29. The van der Waals surface area contributed by atoms with Crippen LogP contribution in [0.1, 0.15) is 25.8 Å². The second-order valence-electron chi connectivity index (χ2n) is 4.99. The molecule has 1 aromatic rings. The zero-order chi connectivity index (χ0) is 13.1. The van der Waals surface area contributed by atoms with Crippen LogP contribution in [0, 0.1) is 5.82 Å². The number of anilines is 1. The number of rotatable bonds is 3. The van der Waals surface area contributed by atoms with E-state index in [1.807, 2.05) is 0 Å². The molecule has 0 amide bonds. The van der Waals surface area contributed by atoms with Crippen molar-refractivity contribution in [2.45, 2.75) is 39.0 Å². The van der Waals surface area contributed by atoms with Crippen LogP contribution in [-0.4, -0.2) is 30.2 Å². The molecule has 1 heterocycles. The molecule has 4 heteroatoms. The van der Waals surface area contributed by atoms with Gasteiger partial charge in [0.15, 0.2) is 0 Å². The molecule has 0 aliphatic carbocycles. The number of halogens is 1. The van der Waals surface area contributed by atoms with E-state index in [4.69, 9.17) is 10.5 Å². The summed E-state index contributed by atoms with van der Waals surface area (Å²) in [6.45, 7) is 6.39. The van der Waals surface area contributed by atoms with E-state index in [0.29, 0.717) is 23.8 Å². The summed E-state index contributed by atoms with van der Waals surface area (Å²) >= 11 is 0. The maximum atomic E-state index is 13.8. The Morgan fingerprint density at radius 2 is 2.28 bits per heavy atom. The number of hydrogen-bond donors (Lipinski definition) is 1. The number of benzene rings is 1. The van der Waals surface area contributed by atoms with Gasteiger partial charge in [0.1, 0.15) is 5.82 Å². The molecule has 2 N–H and O–H groups in total. The zero-order valence-corrected chi connectivity index (χ0v) is 11.0. The van der Waals surface area contributed by atoms with Gasteiger partial charge in [-0.05, 0) is 25.5 Å². The van der Waals surface area contributed by atoms with E-state index in [0.717, 1.165) is 19.6 Å². The van der Waals surface area contributed by atoms with Crippen LogP contribution in [0.5, 0.6) is 0 Å². The molecule has 0 radical (unpaired) electrons. The Morgan fingerprint density at radius 1 is 1.50 bits per heavy atom. The molecule has 0 aromatic heterocycles. The fourth-order valence-electron chi connectivity index (χ4n) is 2.39. The van der Waals surface area contributed by atoms with Crippen molar-refractivity contribution in [3.05, 3.63) is 29.6 Å². The fourth-order valence-corrected chi connectivity index (χ4v) is 2.39. The van der Waals surface area contributed by atoms with Gasteiger partial charge in [-0.25, -0.2) is 4.39 Å². The standard InChI is InChI=1S/C14H21FN2O/c1-3-13-9-18-10(2)7-17(13)8-11-4-5-12(16)6-14(11)15/h4-6,10,13H,3,7-9,16H2,1-2H3. The maximum Gasteiger partial charge on any atom is 0.129 e. The third-order valence-electron chi connectivity index (χ3n) is 3.50. The highest BCUT2D eigenvalue weighted by atomic mass is 19.1. The minimum atomic E-state index is -0.219. The second-order valence-corrected chi connectivity index (χ2v) is 4.99. The van der Waals surface area contributed by atoms with Crippen molar-refractivity contribution in [1.82, 2.24) is 4.90 Å². The Balaban J connectivity index is 2.10. The van der Waals surface area contributed by atoms with Crippen LogP contribution in [0.25, 0.3) is 0 Å². The van der Waals surface area contributed by atoms with Crippen LogP contribution in [-0.2, 0) is 11.3 Å². The van der Waals surface area contributed by atoms with E-state index in [2.05, 4.69) is 18.7 Å². The molecular weight excluding hydrogens is 231 g/mol. The maximum absolute atomic E-state index is 13.8. The number of morpholine rings is 1. The van der Waals surface area contributed by atoms with Gasteiger partial charge >= 0.3 is 0 Å². The average molecular weight is 252 g/mol. The molecule has 1 aliphatic heterocycles. The van der Waals surface area contributed by atoms with E-state index >= 15 is 0 Å². The topological polar surface area (TPSA) is 38.5 Å². The third kappa shape index (κ3) is 3.00. The van der Waals surface area contributed by atoms with Crippen molar-refractivity contribution in [2.75, 3.05) is 18.9 Å². The van der Waals surface area contributed by atoms with Crippen LogP contribution in [0.3, 0.4) is 0 Å². The SMILES string of the molecule is CCC1COC(C)CN1Cc1ccc(N)cc1F. The Labute approximate surface area is 108 Å². The Kier molecular flexibility index (Phi) is 4.19. The molecule has 1 saturated heterocycles. The van der Waals surface area contributed by atoms with Gasteiger partial charge in [0.2, 0.25) is 0 Å². The minimum absolute atomic E-state index is 0.213. The van der Waals surface area contributed by atoms with Crippen molar-refractivity contribution in [2.24, 2.45) is 0 Å². The molecule has 1 aliphatic rings. The normalized spacial score (nSPS) is 25.3.